The molecule has 0 aromatic heterocycles. The lowest BCUT2D eigenvalue weighted by Crippen LogP contribution is -2.35. The summed E-state index contributed by atoms with van der Waals surface area (Å²) in [5.41, 5.74) is 6.49. The van der Waals surface area contributed by atoms with E-state index in [2.05, 4.69) is 20.8 Å². The maximum atomic E-state index is 5.99. The van der Waals surface area contributed by atoms with Crippen molar-refractivity contribution in [3.63, 3.8) is 0 Å². The SMILES string of the molecule is CC(C)CCC1(CN)CCCC(C)C1. The Hall–Kier alpha value is -0.0400. The highest BCUT2D eigenvalue weighted by Gasteiger charge is 2.33. The van der Waals surface area contributed by atoms with Crippen LogP contribution in [-0.2, 0) is 0 Å². The molecule has 0 aromatic rings. The number of nitrogens with two attached hydrogens (primary N) is 1. The topological polar surface area (TPSA) is 26.0 Å². The van der Waals surface area contributed by atoms with Gasteiger partial charge in [-0.2, -0.15) is 0 Å². The average Bonchev–Trinajstić information content (AvgIpc) is 2.15. The van der Waals surface area contributed by atoms with Gasteiger partial charge in [-0.3, -0.25) is 0 Å². The molecular weight excluding hydrogens is 170 g/mol. The maximum Gasteiger partial charge on any atom is -0.00204 e. The van der Waals surface area contributed by atoms with E-state index in [1.807, 2.05) is 0 Å². The highest BCUT2D eigenvalue weighted by Crippen LogP contribution is 2.42. The fourth-order valence-corrected chi connectivity index (χ4v) is 2.88. The van der Waals surface area contributed by atoms with Crippen LogP contribution in [0.15, 0.2) is 0 Å². The summed E-state index contributed by atoms with van der Waals surface area (Å²) < 4.78 is 0. The third-order valence-corrected chi connectivity index (χ3v) is 3.87. The van der Waals surface area contributed by atoms with Crippen LogP contribution < -0.4 is 5.73 Å². The van der Waals surface area contributed by atoms with Crippen molar-refractivity contribution in [1.82, 2.24) is 0 Å². The van der Waals surface area contributed by atoms with Gasteiger partial charge in [-0.15, -0.1) is 0 Å². The van der Waals surface area contributed by atoms with Crippen LogP contribution in [0.5, 0.6) is 0 Å². The lowest BCUT2D eigenvalue weighted by Gasteiger charge is -2.40. The van der Waals surface area contributed by atoms with Gasteiger partial charge in [-0.25, -0.2) is 0 Å². The van der Waals surface area contributed by atoms with Crippen LogP contribution in [-0.4, -0.2) is 6.54 Å². The number of rotatable bonds is 4. The van der Waals surface area contributed by atoms with E-state index >= 15 is 0 Å². The minimum atomic E-state index is 0.502. The van der Waals surface area contributed by atoms with Crippen LogP contribution in [0.25, 0.3) is 0 Å². The van der Waals surface area contributed by atoms with Gasteiger partial charge >= 0.3 is 0 Å². The summed E-state index contributed by atoms with van der Waals surface area (Å²) in [6.45, 7) is 7.93. The third-order valence-electron chi connectivity index (χ3n) is 3.87. The van der Waals surface area contributed by atoms with Crippen molar-refractivity contribution in [2.24, 2.45) is 23.0 Å². The molecule has 0 spiro atoms. The van der Waals surface area contributed by atoms with Gasteiger partial charge in [0.05, 0.1) is 0 Å². The first-order chi connectivity index (χ1) is 6.58. The normalized spacial score (nSPS) is 33.6. The van der Waals surface area contributed by atoms with Gasteiger partial charge in [-0.05, 0) is 43.1 Å². The van der Waals surface area contributed by atoms with Gasteiger partial charge in [0.1, 0.15) is 0 Å². The van der Waals surface area contributed by atoms with E-state index in [-0.39, 0.29) is 0 Å². The molecule has 0 bridgehead atoms. The van der Waals surface area contributed by atoms with E-state index in [0.29, 0.717) is 5.41 Å². The standard InChI is InChI=1S/C13H27N/c1-11(2)6-8-13(10-14)7-4-5-12(3)9-13/h11-12H,4-10,14H2,1-3H3. The highest BCUT2D eigenvalue weighted by molar-refractivity contribution is 4.86. The molecule has 2 atom stereocenters. The van der Waals surface area contributed by atoms with Crippen molar-refractivity contribution in [2.75, 3.05) is 6.54 Å². The summed E-state index contributed by atoms with van der Waals surface area (Å²) in [4.78, 5) is 0. The quantitative estimate of drug-likeness (QED) is 0.732. The minimum Gasteiger partial charge on any atom is -0.330 e. The predicted octanol–water partition coefficient (Wildman–Crippen LogP) is 3.58. The van der Waals surface area contributed by atoms with E-state index in [9.17, 15) is 0 Å². The molecule has 84 valence electrons. The fourth-order valence-electron chi connectivity index (χ4n) is 2.88. The molecule has 1 rings (SSSR count). The second kappa shape index (κ2) is 5.16. The van der Waals surface area contributed by atoms with Gasteiger partial charge in [-0.1, -0.05) is 40.0 Å². The molecule has 1 aliphatic carbocycles. The number of hydrogen-bond donors (Lipinski definition) is 1. The fraction of sp³-hybridized carbons (Fsp3) is 1.00. The monoisotopic (exact) mass is 197 g/mol. The van der Waals surface area contributed by atoms with Crippen molar-refractivity contribution in [2.45, 2.75) is 59.3 Å². The molecule has 1 saturated carbocycles. The van der Waals surface area contributed by atoms with Crippen LogP contribution in [0.4, 0.5) is 0 Å². The molecule has 1 nitrogen and oxygen atoms in total. The van der Waals surface area contributed by atoms with Gasteiger partial charge in [0, 0.05) is 0 Å². The summed E-state index contributed by atoms with van der Waals surface area (Å²) in [5.74, 6) is 1.73. The smallest absolute Gasteiger partial charge is 0.00204 e. The summed E-state index contributed by atoms with van der Waals surface area (Å²) in [6.07, 6.45) is 8.27. The summed E-state index contributed by atoms with van der Waals surface area (Å²) in [5, 5.41) is 0. The van der Waals surface area contributed by atoms with Crippen LogP contribution in [0.2, 0.25) is 0 Å². The molecule has 0 heterocycles. The van der Waals surface area contributed by atoms with Crippen LogP contribution in [0.1, 0.15) is 59.3 Å². The molecule has 2 N–H and O–H groups in total. The summed E-state index contributed by atoms with van der Waals surface area (Å²) in [7, 11) is 0. The van der Waals surface area contributed by atoms with Crippen molar-refractivity contribution in [3.8, 4) is 0 Å². The third kappa shape index (κ3) is 3.27. The van der Waals surface area contributed by atoms with Gasteiger partial charge < -0.3 is 5.73 Å². The molecule has 0 amide bonds. The predicted molar refractivity (Wildman–Crippen MR) is 63.2 cm³/mol. The molecular formula is C13H27N. The molecule has 0 aliphatic heterocycles. The zero-order chi connectivity index (χ0) is 10.6. The Morgan fingerprint density at radius 2 is 2.14 bits per heavy atom. The Morgan fingerprint density at radius 3 is 2.64 bits per heavy atom. The zero-order valence-corrected chi connectivity index (χ0v) is 10.2. The Balaban J connectivity index is 2.47. The molecule has 1 fully saturated rings. The largest absolute Gasteiger partial charge is 0.330 e. The van der Waals surface area contributed by atoms with E-state index in [1.54, 1.807) is 0 Å². The van der Waals surface area contributed by atoms with Gasteiger partial charge in [0.2, 0.25) is 0 Å². The van der Waals surface area contributed by atoms with E-state index in [0.717, 1.165) is 18.4 Å². The summed E-state index contributed by atoms with van der Waals surface area (Å²) in [6, 6.07) is 0. The lowest BCUT2D eigenvalue weighted by atomic mass is 9.67. The van der Waals surface area contributed by atoms with E-state index in [1.165, 1.54) is 38.5 Å². The Labute approximate surface area is 89.5 Å². The first-order valence-electron chi connectivity index (χ1n) is 6.28. The highest BCUT2D eigenvalue weighted by atomic mass is 14.6. The van der Waals surface area contributed by atoms with Crippen molar-refractivity contribution < 1.29 is 0 Å². The first-order valence-corrected chi connectivity index (χ1v) is 6.28. The van der Waals surface area contributed by atoms with E-state index < -0.39 is 0 Å². The molecule has 1 heteroatoms. The molecule has 14 heavy (non-hydrogen) atoms. The minimum absolute atomic E-state index is 0.502. The molecule has 0 saturated heterocycles. The van der Waals surface area contributed by atoms with E-state index in [4.69, 9.17) is 5.73 Å². The molecule has 0 aromatic carbocycles. The van der Waals surface area contributed by atoms with Crippen LogP contribution >= 0.6 is 0 Å². The van der Waals surface area contributed by atoms with Crippen molar-refractivity contribution in [1.29, 1.82) is 0 Å². The molecule has 0 radical (unpaired) electrons. The van der Waals surface area contributed by atoms with Gasteiger partial charge in [0.15, 0.2) is 0 Å². The Bertz CT molecular complexity index is 165. The molecule has 1 aliphatic rings. The van der Waals surface area contributed by atoms with Crippen molar-refractivity contribution in [3.05, 3.63) is 0 Å². The maximum absolute atomic E-state index is 5.99. The van der Waals surface area contributed by atoms with Crippen LogP contribution in [0.3, 0.4) is 0 Å². The summed E-state index contributed by atoms with van der Waals surface area (Å²) >= 11 is 0. The molecule has 2 unspecified atom stereocenters. The second-order valence-electron chi connectivity index (χ2n) is 5.84. The number of hydrogen-bond acceptors (Lipinski definition) is 1. The average molecular weight is 197 g/mol. The zero-order valence-electron chi connectivity index (χ0n) is 10.2. The second-order valence-corrected chi connectivity index (χ2v) is 5.84. The van der Waals surface area contributed by atoms with Crippen molar-refractivity contribution >= 4 is 0 Å². The first kappa shape index (κ1) is 12.0. The van der Waals surface area contributed by atoms with Gasteiger partial charge in [0.25, 0.3) is 0 Å². The lowest BCUT2D eigenvalue weighted by molar-refractivity contribution is 0.133. The Morgan fingerprint density at radius 1 is 1.43 bits per heavy atom. The Kier molecular flexibility index (Phi) is 4.43. The van der Waals surface area contributed by atoms with Crippen LogP contribution in [0, 0.1) is 17.3 Å².